The van der Waals surface area contributed by atoms with Gasteiger partial charge in [-0.05, 0) is 12.1 Å². The molecule has 0 aliphatic rings. The monoisotopic (exact) mass is 342 g/mol. The summed E-state index contributed by atoms with van der Waals surface area (Å²) in [5, 5.41) is 9.09. The molecule has 0 unspecified atom stereocenters. The van der Waals surface area contributed by atoms with Gasteiger partial charge in [0, 0.05) is 17.1 Å². The van der Waals surface area contributed by atoms with E-state index in [1.807, 2.05) is 36.5 Å². The van der Waals surface area contributed by atoms with Gasteiger partial charge >= 0.3 is 5.97 Å². The van der Waals surface area contributed by atoms with Crippen molar-refractivity contribution in [3.8, 4) is 16.3 Å². The minimum atomic E-state index is -0.511. The van der Waals surface area contributed by atoms with E-state index in [0.717, 1.165) is 11.3 Å². The number of amides is 1. The molecule has 3 aromatic rings. The summed E-state index contributed by atoms with van der Waals surface area (Å²) in [7, 11) is 1.26. The van der Waals surface area contributed by atoms with E-state index in [2.05, 4.69) is 20.1 Å². The summed E-state index contributed by atoms with van der Waals surface area (Å²) in [6.45, 7) is -0.186. The van der Waals surface area contributed by atoms with E-state index in [4.69, 9.17) is 0 Å². The molecule has 24 heavy (non-hydrogen) atoms. The van der Waals surface area contributed by atoms with Crippen molar-refractivity contribution in [3.05, 3.63) is 53.8 Å². The Balaban J connectivity index is 1.73. The third-order valence-corrected chi connectivity index (χ3v) is 4.10. The zero-order valence-corrected chi connectivity index (χ0v) is 13.6. The van der Waals surface area contributed by atoms with Crippen LogP contribution in [0.3, 0.4) is 0 Å². The van der Waals surface area contributed by atoms with Crippen LogP contribution in [0, 0.1) is 0 Å². The maximum atomic E-state index is 11.9. The van der Waals surface area contributed by atoms with Crippen LogP contribution in [0.15, 0.2) is 48.1 Å². The van der Waals surface area contributed by atoms with Gasteiger partial charge in [-0.1, -0.05) is 18.2 Å². The highest BCUT2D eigenvalue weighted by atomic mass is 32.1. The zero-order valence-electron chi connectivity index (χ0n) is 12.8. The lowest BCUT2D eigenvalue weighted by molar-refractivity contribution is -0.139. The van der Waals surface area contributed by atoms with Crippen LogP contribution < -0.4 is 5.32 Å². The molecule has 0 fully saturated rings. The van der Waals surface area contributed by atoms with Gasteiger partial charge in [-0.2, -0.15) is 5.10 Å². The summed E-state index contributed by atoms with van der Waals surface area (Å²) >= 11 is 1.34. The minimum absolute atomic E-state index is 0.186. The molecule has 2 heterocycles. The van der Waals surface area contributed by atoms with E-state index in [1.54, 1.807) is 16.3 Å². The fraction of sp³-hybridized carbons (Fsp3) is 0.125. The molecular formula is C16H14N4O3S. The number of hydrogen-bond donors (Lipinski definition) is 1. The number of hydrogen-bond acceptors (Lipinski definition) is 6. The molecule has 0 saturated heterocycles. The first-order valence-electron chi connectivity index (χ1n) is 7.08. The van der Waals surface area contributed by atoms with E-state index in [-0.39, 0.29) is 12.2 Å². The number of thiazole rings is 1. The fourth-order valence-electron chi connectivity index (χ4n) is 1.98. The Hall–Kier alpha value is -3.00. The Morgan fingerprint density at radius 1 is 1.29 bits per heavy atom. The Morgan fingerprint density at radius 2 is 2.08 bits per heavy atom. The third kappa shape index (κ3) is 3.49. The van der Waals surface area contributed by atoms with Gasteiger partial charge in [0.05, 0.1) is 19.0 Å². The molecule has 2 aromatic heterocycles. The standard InChI is InChI=1S/C16H14N4O3S/c1-23-14(21)8-17-15(22)13-10-24-16(19-13)11-7-18-20(9-11)12-5-3-2-4-6-12/h2-7,9-10H,8H2,1H3,(H,17,22). The van der Waals surface area contributed by atoms with Crippen LogP contribution in [0.1, 0.15) is 10.5 Å². The number of ether oxygens (including phenoxy) is 1. The minimum Gasteiger partial charge on any atom is -0.468 e. The lowest BCUT2D eigenvalue weighted by Gasteiger charge is -2.00. The number of benzene rings is 1. The number of rotatable bonds is 5. The summed E-state index contributed by atoms with van der Waals surface area (Å²) in [5.41, 5.74) is 2.01. The Kier molecular flexibility index (Phi) is 4.66. The SMILES string of the molecule is COC(=O)CNC(=O)c1csc(-c2cnn(-c3ccccc3)c2)n1. The molecule has 3 rings (SSSR count). The first-order chi connectivity index (χ1) is 11.7. The van der Waals surface area contributed by atoms with Gasteiger partial charge in [0.1, 0.15) is 17.2 Å². The molecule has 1 N–H and O–H groups in total. The fourth-order valence-corrected chi connectivity index (χ4v) is 2.76. The van der Waals surface area contributed by atoms with E-state index in [9.17, 15) is 9.59 Å². The van der Waals surface area contributed by atoms with Crippen molar-refractivity contribution in [1.82, 2.24) is 20.1 Å². The van der Waals surface area contributed by atoms with Crippen LogP contribution in [0.2, 0.25) is 0 Å². The highest BCUT2D eigenvalue weighted by Gasteiger charge is 2.14. The van der Waals surface area contributed by atoms with Crippen molar-refractivity contribution >= 4 is 23.2 Å². The topological polar surface area (TPSA) is 86.1 Å². The van der Waals surface area contributed by atoms with Crippen LogP contribution in [-0.2, 0) is 9.53 Å². The van der Waals surface area contributed by atoms with Crippen LogP contribution in [0.25, 0.3) is 16.3 Å². The van der Waals surface area contributed by atoms with Crippen molar-refractivity contribution < 1.29 is 14.3 Å². The first-order valence-corrected chi connectivity index (χ1v) is 7.96. The number of nitrogens with one attached hydrogen (secondary N) is 1. The van der Waals surface area contributed by atoms with Crippen molar-refractivity contribution in [3.63, 3.8) is 0 Å². The van der Waals surface area contributed by atoms with Crippen molar-refractivity contribution in [2.45, 2.75) is 0 Å². The molecule has 1 aromatic carbocycles. The lowest BCUT2D eigenvalue weighted by atomic mass is 10.3. The quantitative estimate of drug-likeness (QED) is 0.716. The zero-order chi connectivity index (χ0) is 16.9. The largest absolute Gasteiger partial charge is 0.468 e. The number of para-hydroxylation sites is 1. The molecule has 0 saturated carbocycles. The van der Waals surface area contributed by atoms with E-state index in [0.29, 0.717) is 5.01 Å². The van der Waals surface area contributed by atoms with Gasteiger partial charge in [-0.25, -0.2) is 9.67 Å². The van der Waals surface area contributed by atoms with Gasteiger partial charge in [0.15, 0.2) is 0 Å². The number of carbonyl (C=O) groups excluding carboxylic acids is 2. The van der Waals surface area contributed by atoms with Crippen molar-refractivity contribution in [2.75, 3.05) is 13.7 Å². The number of aromatic nitrogens is 3. The summed E-state index contributed by atoms with van der Waals surface area (Å²) in [4.78, 5) is 27.3. The highest BCUT2D eigenvalue weighted by molar-refractivity contribution is 7.13. The van der Waals surface area contributed by atoms with Gasteiger partial charge < -0.3 is 10.1 Å². The molecule has 8 heteroatoms. The van der Waals surface area contributed by atoms with Crippen molar-refractivity contribution in [1.29, 1.82) is 0 Å². The van der Waals surface area contributed by atoms with Crippen LogP contribution in [0.4, 0.5) is 0 Å². The molecule has 0 atom stereocenters. The Bertz CT molecular complexity index is 857. The third-order valence-electron chi connectivity index (χ3n) is 3.21. The molecule has 0 spiro atoms. The molecule has 0 aliphatic heterocycles. The second kappa shape index (κ2) is 7.05. The van der Waals surface area contributed by atoms with Gasteiger partial charge in [0.25, 0.3) is 5.91 Å². The van der Waals surface area contributed by atoms with E-state index < -0.39 is 11.9 Å². The summed E-state index contributed by atoms with van der Waals surface area (Å²) in [6.07, 6.45) is 3.55. The molecule has 0 bridgehead atoms. The smallest absolute Gasteiger partial charge is 0.325 e. The molecular weight excluding hydrogens is 328 g/mol. The van der Waals surface area contributed by atoms with E-state index in [1.165, 1.54) is 18.4 Å². The highest BCUT2D eigenvalue weighted by Crippen LogP contribution is 2.24. The van der Waals surface area contributed by atoms with E-state index >= 15 is 0 Å². The predicted molar refractivity (Wildman–Crippen MR) is 89.0 cm³/mol. The normalized spacial score (nSPS) is 10.4. The first kappa shape index (κ1) is 15.9. The van der Waals surface area contributed by atoms with Gasteiger partial charge in [0.2, 0.25) is 0 Å². The Morgan fingerprint density at radius 3 is 2.83 bits per heavy atom. The molecule has 122 valence electrons. The molecule has 0 aliphatic carbocycles. The lowest BCUT2D eigenvalue weighted by Crippen LogP contribution is -2.30. The summed E-state index contributed by atoms with van der Waals surface area (Å²) in [5.74, 6) is -0.929. The maximum absolute atomic E-state index is 11.9. The average Bonchev–Trinajstić information content (AvgIpc) is 3.29. The van der Waals surface area contributed by atoms with Crippen LogP contribution in [-0.4, -0.2) is 40.3 Å². The Labute approximate surface area is 141 Å². The number of carbonyl (C=O) groups is 2. The second-order valence-electron chi connectivity index (χ2n) is 4.81. The van der Waals surface area contributed by atoms with Gasteiger partial charge in [-0.3, -0.25) is 9.59 Å². The van der Waals surface area contributed by atoms with Crippen molar-refractivity contribution in [2.24, 2.45) is 0 Å². The maximum Gasteiger partial charge on any atom is 0.325 e. The van der Waals surface area contributed by atoms with Crippen LogP contribution >= 0.6 is 11.3 Å². The second-order valence-corrected chi connectivity index (χ2v) is 5.66. The predicted octanol–water partition coefficient (Wildman–Crippen LogP) is 1.90. The molecule has 1 amide bonds. The summed E-state index contributed by atoms with van der Waals surface area (Å²) in [6, 6.07) is 9.70. The average molecular weight is 342 g/mol. The van der Waals surface area contributed by atoms with Gasteiger partial charge in [-0.15, -0.1) is 11.3 Å². The number of esters is 1. The molecule has 7 nitrogen and oxygen atoms in total. The number of nitrogens with zero attached hydrogens (tertiary/aromatic N) is 3. The molecule has 0 radical (unpaired) electrons. The van der Waals surface area contributed by atoms with Crippen LogP contribution in [0.5, 0.6) is 0 Å². The summed E-state index contributed by atoms with van der Waals surface area (Å²) < 4.78 is 6.22. The number of methoxy groups -OCH3 is 1.